The van der Waals surface area contributed by atoms with Crippen LogP contribution in [0.15, 0.2) is 53.3 Å². The first-order valence-corrected chi connectivity index (χ1v) is 10.3. The molecule has 0 unspecified atom stereocenters. The molecule has 7 nitrogen and oxygen atoms in total. The number of aromatic nitrogens is 2. The van der Waals surface area contributed by atoms with Gasteiger partial charge < -0.3 is 5.32 Å². The number of aryl methyl sites for hydroxylation is 1. The fourth-order valence-corrected chi connectivity index (χ4v) is 3.96. The van der Waals surface area contributed by atoms with E-state index in [1.807, 2.05) is 12.1 Å². The Kier molecular flexibility index (Phi) is 5.92. The van der Waals surface area contributed by atoms with Gasteiger partial charge in [-0.2, -0.15) is 5.10 Å². The lowest BCUT2D eigenvalue weighted by Gasteiger charge is -2.34. The van der Waals surface area contributed by atoms with Gasteiger partial charge in [-0.15, -0.1) is 0 Å². The Morgan fingerprint density at radius 3 is 2.40 bits per heavy atom. The van der Waals surface area contributed by atoms with Crippen molar-refractivity contribution < 1.29 is 4.79 Å². The summed E-state index contributed by atoms with van der Waals surface area (Å²) in [5, 5.41) is 8.12. The van der Waals surface area contributed by atoms with Crippen molar-refractivity contribution in [2.24, 2.45) is 0 Å². The number of piperazine rings is 1. The Labute approximate surface area is 175 Å². The van der Waals surface area contributed by atoms with E-state index in [4.69, 9.17) is 0 Å². The number of benzene rings is 2. The van der Waals surface area contributed by atoms with Crippen LogP contribution < -0.4 is 10.9 Å². The number of hydrogen-bond donors (Lipinski definition) is 1. The SMILES string of the molecule is CNC(=O)c1nn(CN2CCN(Cc3cccc(C)c3)CC2)c(=O)c2ccccc12. The van der Waals surface area contributed by atoms with Crippen LogP contribution in [0.5, 0.6) is 0 Å². The van der Waals surface area contributed by atoms with Gasteiger partial charge in [-0.25, -0.2) is 4.68 Å². The second-order valence-corrected chi connectivity index (χ2v) is 7.80. The third kappa shape index (κ3) is 4.27. The van der Waals surface area contributed by atoms with Crippen LogP contribution in [0, 0.1) is 6.92 Å². The minimum atomic E-state index is -0.289. The molecule has 1 aliphatic heterocycles. The molecule has 0 atom stereocenters. The zero-order valence-corrected chi connectivity index (χ0v) is 17.5. The maximum atomic E-state index is 12.9. The van der Waals surface area contributed by atoms with Crippen molar-refractivity contribution in [3.8, 4) is 0 Å². The van der Waals surface area contributed by atoms with Crippen molar-refractivity contribution in [2.75, 3.05) is 33.2 Å². The molecule has 1 saturated heterocycles. The number of fused-ring (bicyclic) bond motifs is 1. The van der Waals surface area contributed by atoms with Gasteiger partial charge in [0.2, 0.25) is 0 Å². The molecule has 0 saturated carbocycles. The first-order valence-electron chi connectivity index (χ1n) is 10.3. The lowest BCUT2D eigenvalue weighted by Crippen LogP contribution is -2.47. The quantitative estimate of drug-likeness (QED) is 0.701. The number of rotatable bonds is 5. The first kappa shape index (κ1) is 20.3. The maximum Gasteiger partial charge on any atom is 0.275 e. The fourth-order valence-electron chi connectivity index (χ4n) is 3.96. The molecule has 0 bridgehead atoms. The molecule has 3 aromatic rings. The molecule has 2 aromatic carbocycles. The molecule has 30 heavy (non-hydrogen) atoms. The smallest absolute Gasteiger partial charge is 0.275 e. The molecular formula is C23H27N5O2. The maximum absolute atomic E-state index is 12.9. The monoisotopic (exact) mass is 405 g/mol. The second kappa shape index (κ2) is 8.77. The minimum absolute atomic E-state index is 0.166. The molecule has 1 N–H and O–H groups in total. The third-order valence-electron chi connectivity index (χ3n) is 5.60. The molecule has 0 spiro atoms. The molecule has 1 amide bonds. The highest BCUT2D eigenvalue weighted by Crippen LogP contribution is 2.14. The molecule has 0 aliphatic carbocycles. The van der Waals surface area contributed by atoms with Gasteiger partial charge in [0.1, 0.15) is 0 Å². The predicted octanol–water partition coefficient (Wildman–Crippen LogP) is 1.84. The summed E-state index contributed by atoms with van der Waals surface area (Å²) in [7, 11) is 1.57. The molecule has 1 aliphatic rings. The van der Waals surface area contributed by atoms with E-state index >= 15 is 0 Å². The number of carbonyl (C=O) groups excluding carboxylic acids is 1. The van der Waals surface area contributed by atoms with E-state index in [-0.39, 0.29) is 17.2 Å². The van der Waals surface area contributed by atoms with Crippen LogP contribution in [0.3, 0.4) is 0 Å². The highest BCUT2D eigenvalue weighted by atomic mass is 16.2. The number of amides is 1. The Hall–Kier alpha value is -3.03. The van der Waals surface area contributed by atoms with Crippen molar-refractivity contribution in [3.05, 3.63) is 75.7 Å². The highest BCUT2D eigenvalue weighted by molar-refractivity contribution is 6.04. The molecular weight excluding hydrogens is 378 g/mol. The summed E-state index contributed by atoms with van der Waals surface area (Å²) in [5.74, 6) is -0.289. The third-order valence-corrected chi connectivity index (χ3v) is 5.60. The number of nitrogens with one attached hydrogen (secondary N) is 1. The molecule has 7 heteroatoms. The van der Waals surface area contributed by atoms with E-state index in [0.29, 0.717) is 17.4 Å². The van der Waals surface area contributed by atoms with Gasteiger partial charge in [0.25, 0.3) is 11.5 Å². The number of nitrogens with zero attached hydrogens (tertiary/aromatic N) is 4. The molecule has 4 rings (SSSR count). The van der Waals surface area contributed by atoms with Gasteiger partial charge in [0, 0.05) is 45.2 Å². The summed E-state index contributed by atoms with van der Waals surface area (Å²) in [6.07, 6.45) is 0. The van der Waals surface area contributed by atoms with Crippen molar-refractivity contribution in [1.29, 1.82) is 0 Å². The summed E-state index contributed by atoms with van der Waals surface area (Å²) in [4.78, 5) is 29.9. The van der Waals surface area contributed by atoms with Crippen LogP contribution in [0.1, 0.15) is 21.6 Å². The van der Waals surface area contributed by atoms with Gasteiger partial charge in [-0.05, 0) is 18.6 Å². The van der Waals surface area contributed by atoms with Gasteiger partial charge in [-0.3, -0.25) is 19.4 Å². The van der Waals surface area contributed by atoms with E-state index < -0.39 is 0 Å². The van der Waals surface area contributed by atoms with Gasteiger partial charge in [0.05, 0.1) is 12.1 Å². The molecule has 1 aromatic heterocycles. The molecule has 1 fully saturated rings. The van der Waals surface area contributed by atoms with E-state index in [1.165, 1.54) is 15.8 Å². The summed E-state index contributed by atoms with van der Waals surface area (Å²) >= 11 is 0. The summed E-state index contributed by atoms with van der Waals surface area (Å²) < 4.78 is 1.42. The first-order chi connectivity index (χ1) is 14.5. The van der Waals surface area contributed by atoms with Crippen LogP contribution in [0.4, 0.5) is 0 Å². The Balaban J connectivity index is 1.48. The van der Waals surface area contributed by atoms with Crippen molar-refractivity contribution in [1.82, 2.24) is 24.9 Å². The van der Waals surface area contributed by atoms with Crippen LogP contribution >= 0.6 is 0 Å². The van der Waals surface area contributed by atoms with Gasteiger partial charge in [0.15, 0.2) is 5.69 Å². The van der Waals surface area contributed by atoms with Crippen LogP contribution in [-0.4, -0.2) is 58.7 Å². The Morgan fingerprint density at radius 1 is 1.00 bits per heavy atom. The Morgan fingerprint density at radius 2 is 1.70 bits per heavy atom. The van der Waals surface area contributed by atoms with Crippen molar-refractivity contribution in [3.63, 3.8) is 0 Å². The largest absolute Gasteiger partial charge is 0.354 e. The topological polar surface area (TPSA) is 70.5 Å². The molecule has 0 radical (unpaired) electrons. The number of hydrogen-bond acceptors (Lipinski definition) is 5. The van der Waals surface area contributed by atoms with Gasteiger partial charge in [-0.1, -0.05) is 48.0 Å². The molecule has 156 valence electrons. The van der Waals surface area contributed by atoms with Crippen LogP contribution in [-0.2, 0) is 13.2 Å². The zero-order valence-electron chi connectivity index (χ0n) is 17.5. The minimum Gasteiger partial charge on any atom is -0.354 e. The van der Waals surface area contributed by atoms with Crippen molar-refractivity contribution >= 4 is 16.7 Å². The van der Waals surface area contributed by atoms with Gasteiger partial charge >= 0.3 is 0 Å². The molecule has 2 heterocycles. The van der Waals surface area contributed by atoms with E-state index in [2.05, 4.69) is 51.4 Å². The highest BCUT2D eigenvalue weighted by Gasteiger charge is 2.20. The summed E-state index contributed by atoms with van der Waals surface area (Å²) in [5.41, 5.74) is 2.72. The van der Waals surface area contributed by atoms with E-state index in [1.54, 1.807) is 19.2 Å². The summed E-state index contributed by atoms with van der Waals surface area (Å²) in [6.45, 7) is 6.99. The van der Waals surface area contributed by atoms with Crippen LogP contribution in [0.2, 0.25) is 0 Å². The zero-order chi connectivity index (χ0) is 21.1. The average Bonchev–Trinajstić information content (AvgIpc) is 2.76. The van der Waals surface area contributed by atoms with Crippen molar-refractivity contribution in [2.45, 2.75) is 20.1 Å². The normalized spacial score (nSPS) is 15.4. The van der Waals surface area contributed by atoms with E-state index in [9.17, 15) is 9.59 Å². The summed E-state index contributed by atoms with van der Waals surface area (Å²) in [6, 6.07) is 15.7. The second-order valence-electron chi connectivity index (χ2n) is 7.80. The standard InChI is InChI=1S/C23H27N5O2/c1-17-6-5-7-18(14-17)15-26-10-12-27(13-11-26)16-28-23(30)20-9-4-3-8-19(20)21(25-28)22(29)24-2/h3-9,14H,10-13,15-16H2,1-2H3,(H,24,29). The lowest BCUT2D eigenvalue weighted by atomic mass is 10.1. The average molecular weight is 406 g/mol. The predicted molar refractivity (Wildman–Crippen MR) is 117 cm³/mol. The fraction of sp³-hybridized carbons (Fsp3) is 0.348. The lowest BCUT2D eigenvalue weighted by molar-refractivity contribution is 0.0926. The van der Waals surface area contributed by atoms with Crippen LogP contribution in [0.25, 0.3) is 10.8 Å². The van der Waals surface area contributed by atoms with E-state index in [0.717, 1.165) is 32.7 Å². The number of carbonyl (C=O) groups is 1. The Bertz CT molecular complexity index is 1120.